The molecule has 1 aliphatic heterocycles. The molecule has 2 amide bonds. The SMILES string of the molecule is CCCCn1nc(C)c(/C=C2/C(=O)N(CC(=O)O)C(=O)c3ccccc32)c1Cl. The lowest BCUT2D eigenvalue weighted by Gasteiger charge is -2.27. The molecule has 0 bridgehead atoms. The fourth-order valence-corrected chi connectivity index (χ4v) is 3.47. The first-order valence-electron chi connectivity index (χ1n) is 8.97. The molecule has 28 heavy (non-hydrogen) atoms. The Hall–Kier alpha value is -2.93. The highest BCUT2D eigenvalue weighted by atomic mass is 35.5. The monoisotopic (exact) mass is 401 g/mol. The van der Waals surface area contributed by atoms with Gasteiger partial charge in [0, 0.05) is 23.2 Å². The number of nitrogens with zero attached hydrogens (tertiary/aromatic N) is 3. The second-order valence-electron chi connectivity index (χ2n) is 6.56. The number of benzene rings is 1. The van der Waals surface area contributed by atoms with E-state index in [1.54, 1.807) is 41.9 Å². The van der Waals surface area contributed by atoms with E-state index in [9.17, 15) is 14.4 Å². The lowest BCUT2D eigenvalue weighted by Crippen LogP contribution is -2.44. The van der Waals surface area contributed by atoms with Crippen LogP contribution >= 0.6 is 11.6 Å². The lowest BCUT2D eigenvalue weighted by molar-refractivity contribution is -0.141. The van der Waals surface area contributed by atoms with Crippen LogP contribution in [0.4, 0.5) is 0 Å². The van der Waals surface area contributed by atoms with Gasteiger partial charge in [-0.25, -0.2) is 0 Å². The highest BCUT2D eigenvalue weighted by molar-refractivity contribution is 6.36. The summed E-state index contributed by atoms with van der Waals surface area (Å²) in [6.45, 7) is 3.82. The number of aryl methyl sites for hydroxylation is 2. The van der Waals surface area contributed by atoms with Gasteiger partial charge < -0.3 is 5.11 Å². The summed E-state index contributed by atoms with van der Waals surface area (Å²) in [6, 6.07) is 6.63. The lowest BCUT2D eigenvalue weighted by atomic mass is 9.92. The Morgan fingerprint density at radius 2 is 1.89 bits per heavy atom. The molecule has 2 aromatic rings. The van der Waals surface area contributed by atoms with Crippen LogP contribution in [0.25, 0.3) is 11.6 Å². The molecule has 0 saturated heterocycles. The van der Waals surface area contributed by atoms with Gasteiger partial charge in [0.15, 0.2) is 0 Å². The van der Waals surface area contributed by atoms with Crippen molar-refractivity contribution in [2.75, 3.05) is 6.54 Å². The zero-order valence-corrected chi connectivity index (χ0v) is 16.4. The molecule has 7 nitrogen and oxygen atoms in total. The van der Waals surface area contributed by atoms with Crippen molar-refractivity contribution >= 4 is 41.0 Å². The van der Waals surface area contributed by atoms with Gasteiger partial charge in [-0.1, -0.05) is 43.1 Å². The highest BCUT2D eigenvalue weighted by Crippen LogP contribution is 2.32. The molecule has 0 aliphatic carbocycles. The van der Waals surface area contributed by atoms with Crippen LogP contribution in [-0.2, 0) is 16.1 Å². The van der Waals surface area contributed by atoms with E-state index in [1.165, 1.54) is 0 Å². The predicted molar refractivity (Wildman–Crippen MR) is 105 cm³/mol. The molecule has 0 radical (unpaired) electrons. The van der Waals surface area contributed by atoms with E-state index >= 15 is 0 Å². The van der Waals surface area contributed by atoms with Gasteiger partial charge in [0.1, 0.15) is 11.7 Å². The number of carbonyl (C=O) groups excluding carboxylic acids is 2. The van der Waals surface area contributed by atoms with E-state index in [1.807, 2.05) is 0 Å². The maximum Gasteiger partial charge on any atom is 0.323 e. The molecule has 3 rings (SSSR count). The summed E-state index contributed by atoms with van der Waals surface area (Å²) in [4.78, 5) is 37.4. The summed E-state index contributed by atoms with van der Waals surface area (Å²) in [5, 5.41) is 13.9. The summed E-state index contributed by atoms with van der Waals surface area (Å²) in [7, 11) is 0. The first kappa shape index (κ1) is 19.8. The molecule has 0 fully saturated rings. The first-order chi connectivity index (χ1) is 13.3. The number of unbranched alkanes of at least 4 members (excludes halogenated alkanes) is 1. The maximum absolute atomic E-state index is 12.9. The van der Waals surface area contributed by atoms with Gasteiger partial charge in [-0.15, -0.1) is 0 Å². The number of halogens is 1. The number of hydrogen-bond donors (Lipinski definition) is 1. The van der Waals surface area contributed by atoms with Gasteiger partial charge >= 0.3 is 5.97 Å². The molecular weight excluding hydrogens is 382 g/mol. The summed E-state index contributed by atoms with van der Waals surface area (Å²) in [6.07, 6.45) is 3.50. The second kappa shape index (κ2) is 7.98. The van der Waals surface area contributed by atoms with Crippen molar-refractivity contribution in [3.8, 4) is 0 Å². The number of carbonyl (C=O) groups is 3. The van der Waals surface area contributed by atoms with Crippen LogP contribution in [-0.4, -0.2) is 44.1 Å². The largest absolute Gasteiger partial charge is 0.480 e. The Morgan fingerprint density at radius 3 is 2.54 bits per heavy atom. The van der Waals surface area contributed by atoms with E-state index in [4.69, 9.17) is 16.7 Å². The predicted octanol–water partition coefficient (Wildman–Crippen LogP) is 3.25. The molecule has 1 aromatic heterocycles. The third-order valence-electron chi connectivity index (χ3n) is 4.58. The van der Waals surface area contributed by atoms with Gasteiger partial charge in [-0.2, -0.15) is 5.10 Å². The van der Waals surface area contributed by atoms with Crippen molar-refractivity contribution in [1.82, 2.24) is 14.7 Å². The normalized spacial score (nSPS) is 15.2. The molecule has 0 atom stereocenters. The van der Waals surface area contributed by atoms with Crippen molar-refractivity contribution in [1.29, 1.82) is 0 Å². The van der Waals surface area contributed by atoms with Crippen LogP contribution < -0.4 is 0 Å². The minimum absolute atomic E-state index is 0.219. The maximum atomic E-state index is 12.9. The van der Waals surface area contributed by atoms with Gasteiger partial charge in [0.05, 0.1) is 5.69 Å². The standard InChI is InChI=1S/C20H20ClN3O4/c1-3-4-9-24-18(21)15(12(2)22-24)10-16-13-7-5-6-8-14(13)19(27)23(20(16)28)11-17(25)26/h5-8,10H,3-4,9,11H2,1-2H3,(H,25,26)/b16-10+. The molecule has 146 valence electrons. The van der Waals surface area contributed by atoms with Crippen LogP contribution in [0.3, 0.4) is 0 Å². The topological polar surface area (TPSA) is 92.5 Å². The van der Waals surface area contributed by atoms with Crippen LogP contribution in [0.5, 0.6) is 0 Å². The number of rotatable bonds is 6. The quantitative estimate of drug-likeness (QED) is 0.592. The molecule has 0 saturated carbocycles. The van der Waals surface area contributed by atoms with Crippen LogP contribution in [0.15, 0.2) is 24.3 Å². The number of carboxylic acid groups (broad SMARTS) is 1. The van der Waals surface area contributed by atoms with Gasteiger partial charge in [-0.3, -0.25) is 24.0 Å². The Labute approximate surface area is 167 Å². The van der Waals surface area contributed by atoms with Gasteiger partial charge in [-0.05, 0) is 31.1 Å². The number of imide groups is 1. The third kappa shape index (κ3) is 3.57. The smallest absolute Gasteiger partial charge is 0.323 e. The van der Waals surface area contributed by atoms with Crippen molar-refractivity contribution in [3.05, 3.63) is 51.8 Å². The third-order valence-corrected chi connectivity index (χ3v) is 4.98. The summed E-state index contributed by atoms with van der Waals surface area (Å²) in [5.41, 5.74) is 2.19. The van der Waals surface area contributed by atoms with E-state index in [0.717, 1.165) is 17.7 Å². The van der Waals surface area contributed by atoms with Crippen molar-refractivity contribution < 1.29 is 19.5 Å². The number of hydrogen-bond acceptors (Lipinski definition) is 4. The van der Waals surface area contributed by atoms with Crippen LogP contribution in [0.1, 0.15) is 46.9 Å². The van der Waals surface area contributed by atoms with E-state index in [-0.39, 0.29) is 11.1 Å². The molecule has 1 N–H and O–H groups in total. The zero-order valence-electron chi connectivity index (χ0n) is 15.6. The molecular formula is C20H20ClN3O4. The van der Waals surface area contributed by atoms with Crippen LogP contribution in [0, 0.1) is 6.92 Å². The Balaban J connectivity index is 2.13. The van der Waals surface area contributed by atoms with Crippen LogP contribution in [0.2, 0.25) is 5.15 Å². The first-order valence-corrected chi connectivity index (χ1v) is 9.35. The van der Waals surface area contributed by atoms with Crippen molar-refractivity contribution in [2.45, 2.75) is 33.2 Å². The number of aliphatic carboxylic acids is 1. The Bertz CT molecular complexity index is 993. The summed E-state index contributed by atoms with van der Waals surface area (Å²) in [5.74, 6) is -2.55. The number of aromatic nitrogens is 2. The number of carboxylic acids is 1. The molecule has 1 aliphatic rings. The van der Waals surface area contributed by atoms with E-state index < -0.39 is 24.3 Å². The fourth-order valence-electron chi connectivity index (χ4n) is 3.15. The molecule has 1 aromatic carbocycles. The fraction of sp³-hybridized carbons (Fsp3) is 0.300. The second-order valence-corrected chi connectivity index (χ2v) is 6.92. The average molecular weight is 402 g/mol. The highest BCUT2D eigenvalue weighted by Gasteiger charge is 2.36. The Kier molecular flexibility index (Phi) is 5.65. The minimum Gasteiger partial charge on any atom is -0.480 e. The Morgan fingerprint density at radius 1 is 1.21 bits per heavy atom. The zero-order chi connectivity index (χ0) is 20.4. The van der Waals surface area contributed by atoms with E-state index in [0.29, 0.717) is 28.5 Å². The number of amides is 2. The molecule has 2 heterocycles. The van der Waals surface area contributed by atoms with Crippen molar-refractivity contribution in [2.24, 2.45) is 0 Å². The summed E-state index contributed by atoms with van der Waals surface area (Å²) < 4.78 is 1.69. The van der Waals surface area contributed by atoms with Gasteiger partial charge in [0.2, 0.25) is 0 Å². The molecule has 8 heteroatoms. The number of fused-ring (bicyclic) bond motifs is 1. The molecule has 0 spiro atoms. The minimum atomic E-state index is -1.26. The summed E-state index contributed by atoms with van der Waals surface area (Å²) >= 11 is 6.48. The van der Waals surface area contributed by atoms with E-state index in [2.05, 4.69) is 12.0 Å². The average Bonchev–Trinajstić information content (AvgIpc) is 2.93. The molecule has 0 unspecified atom stereocenters. The van der Waals surface area contributed by atoms with Gasteiger partial charge in [0.25, 0.3) is 11.8 Å². The van der Waals surface area contributed by atoms with Crippen molar-refractivity contribution in [3.63, 3.8) is 0 Å².